The fourth-order valence-electron chi connectivity index (χ4n) is 1.55. The largest absolute Gasteiger partial charge is 0.496 e. The molecule has 0 radical (unpaired) electrons. The molecule has 0 aliphatic heterocycles. The van der Waals surface area contributed by atoms with E-state index in [9.17, 15) is 13.2 Å². The van der Waals surface area contributed by atoms with Gasteiger partial charge in [-0.3, -0.25) is 0 Å². The smallest absolute Gasteiger partial charge is 0.235 e. The van der Waals surface area contributed by atoms with Gasteiger partial charge in [0.1, 0.15) is 5.75 Å². The zero-order chi connectivity index (χ0) is 13.8. The lowest BCUT2D eigenvalue weighted by Crippen LogP contribution is -2.05. The maximum atomic E-state index is 11.8. The van der Waals surface area contributed by atoms with Gasteiger partial charge in [-0.2, -0.15) is 4.99 Å². The molecule has 0 aliphatic rings. The molecule has 1 unspecified atom stereocenters. The van der Waals surface area contributed by atoms with Crippen LogP contribution in [0.1, 0.15) is 25.5 Å². The first-order valence-corrected chi connectivity index (χ1v) is 7.09. The monoisotopic (exact) mass is 269 g/mol. The maximum Gasteiger partial charge on any atom is 0.235 e. The van der Waals surface area contributed by atoms with Gasteiger partial charge in [0.15, 0.2) is 9.84 Å². The van der Waals surface area contributed by atoms with E-state index in [4.69, 9.17) is 4.74 Å². The van der Waals surface area contributed by atoms with Gasteiger partial charge in [0.2, 0.25) is 6.08 Å². The van der Waals surface area contributed by atoms with Crippen molar-refractivity contribution < 1.29 is 17.9 Å². The van der Waals surface area contributed by atoms with Crippen LogP contribution in [-0.4, -0.2) is 27.4 Å². The number of methoxy groups -OCH3 is 1. The first-order chi connectivity index (χ1) is 8.46. The molecule has 0 amide bonds. The summed E-state index contributed by atoms with van der Waals surface area (Å²) in [6.45, 7) is 3.25. The van der Waals surface area contributed by atoms with Gasteiger partial charge >= 0.3 is 0 Å². The number of aliphatic imine (C=N–C) groups is 1. The molecule has 0 fully saturated rings. The van der Waals surface area contributed by atoms with Crippen molar-refractivity contribution >= 4 is 15.9 Å². The van der Waals surface area contributed by atoms with E-state index >= 15 is 0 Å². The minimum atomic E-state index is -3.29. The highest BCUT2D eigenvalue weighted by Crippen LogP contribution is 2.30. The van der Waals surface area contributed by atoms with E-state index in [1.54, 1.807) is 19.9 Å². The Bertz CT molecular complexity index is 574. The van der Waals surface area contributed by atoms with Crippen LogP contribution in [-0.2, 0) is 14.6 Å². The fourth-order valence-corrected chi connectivity index (χ4v) is 2.46. The summed E-state index contributed by atoms with van der Waals surface area (Å²) in [6, 6.07) is 4.04. The first kappa shape index (κ1) is 14.4. The standard InChI is InChI=1S/C12H15NO4S/c1-4-18(15,16)10-5-6-12(17-3)11(7-10)9(2)13-8-14/h5-7,9H,4H2,1-3H3. The highest BCUT2D eigenvalue weighted by molar-refractivity contribution is 7.91. The van der Waals surface area contributed by atoms with E-state index in [1.807, 2.05) is 0 Å². The van der Waals surface area contributed by atoms with Crippen LogP contribution in [0.15, 0.2) is 28.1 Å². The SMILES string of the molecule is CCS(=O)(=O)c1ccc(OC)c(C(C)N=C=O)c1. The fraction of sp³-hybridized carbons (Fsp3) is 0.417. The first-order valence-electron chi connectivity index (χ1n) is 5.44. The van der Waals surface area contributed by atoms with E-state index in [2.05, 4.69) is 4.99 Å². The average Bonchev–Trinajstić information content (AvgIpc) is 2.38. The van der Waals surface area contributed by atoms with Crippen LogP contribution < -0.4 is 4.74 Å². The van der Waals surface area contributed by atoms with Gasteiger partial charge in [0, 0.05) is 5.56 Å². The predicted octanol–water partition coefficient (Wildman–Crippen LogP) is 1.89. The van der Waals surface area contributed by atoms with Crippen molar-refractivity contribution in [1.29, 1.82) is 0 Å². The normalized spacial score (nSPS) is 12.6. The zero-order valence-electron chi connectivity index (χ0n) is 10.5. The molecule has 18 heavy (non-hydrogen) atoms. The van der Waals surface area contributed by atoms with Crippen LogP contribution in [0, 0.1) is 0 Å². The Morgan fingerprint density at radius 3 is 2.61 bits per heavy atom. The molecule has 0 N–H and O–H groups in total. The third-order valence-corrected chi connectivity index (χ3v) is 4.37. The van der Waals surface area contributed by atoms with Gasteiger partial charge in [0.25, 0.3) is 0 Å². The van der Waals surface area contributed by atoms with Crippen LogP contribution in [0.2, 0.25) is 0 Å². The van der Waals surface area contributed by atoms with Gasteiger partial charge in [-0.25, -0.2) is 13.2 Å². The summed E-state index contributed by atoms with van der Waals surface area (Å²) < 4.78 is 28.7. The number of isocyanates is 1. The molecule has 0 saturated heterocycles. The van der Waals surface area contributed by atoms with E-state index < -0.39 is 15.9 Å². The summed E-state index contributed by atoms with van der Waals surface area (Å²) >= 11 is 0. The number of benzene rings is 1. The summed E-state index contributed by atoms with van der Waals surface area (Å²) in [5.41, 5.74) is 0.551. The molecule has 0 spiro atoms. The average molecular weight is 269 g/mol. The van der Waals surface area contributed by atoms with Gasteiger partial charge in [0.05, 0.1) is 23.8 Å². The van der Waals surface area contributed by atoms with E-state index in [-0.39, 0.29) is 10.6 Å². The number of ether oxygens (including phenoxy) is 1. The Morgan fingerprint density at radius 1 is 1.44 bits per heavy atom. The third-order valence-electron chi connectivity index (χ3n) is 2.64. The molecule has 0 heterocycles. The Kier molecular flexibility index (Phi) is 4.64. The van der Waals surface area contributed by atoms with Crippen molar-refractivity contribution in [3.63, 3.8) is 0 Å². The minimum absolute atomic E-state index is 0.0180. The molecule has 6 heteroatoms. The lowest BCUT2D eigenvalue weighted by Gasteiger charge is -2.12. The van der Waals surface area contributed by atoms with Crippen molar-refractivity contribution in [3.8, 4) is 5.75 Å². The number of carbonyl (C=O) groups excluding carboxylic acids is 1. The highest BCUT2D eigenvalue weighted by Gasteiger charge is 2.17. The lowest BCUT2D eigenvalue weighted by atomic mass is 10.1. The zero-order valence-corrected chi connectivity index (χ0v) is 11.3. The second-order valence-electron chi connectivity index (χ2n) is 3.70. The van der Waals surface area contributed by atoms with Crippen molar-refractivity contribution in [2.24, 2.45) is 4.99 Å². The molecule has 0 bridgehead atoms. The third kappa shape index (κ3) is 2.97. The van der Waals surface area contributed by atoms with E-state index in [0.29, 0.717) is 11.3 Å². The number of hydrogen-bond donors (Lipinski definition) is 0. The quantitative estimate of drug-likeness (QED) is 0.604. The predicted molar refractivity (Wildman–Crippen MR) is 67.3 cm³/mol. The van der Waals surface area contributed by atoms with Crippen LogP contribution in [0.25, 0.3) is 0 Å². The molecule has 0 aliphatic carbocycles. The molecule has 0 aromatic heterocycles. The summed E-state index contributed by atoms with van der Waals surface area (Å²) in [5, 5.41) is 0. The Labute approximate surface area is 106 Å². The highest BCUT2D eigenvalue weighted by atomic mass is 32.2. The number of nitrogens with zero attached hydrogens (tertiary/aromatic N) is 1. The van der Waals surface area contributed by atoms with Crippen molar-refractivity contribution in [3.05, 3.63) is 23.8 Å². The number of hydrogen-bond acceptors (Lipinski definition) is 5. The lowest BCUT2D eigenvalue weighted by molar-refractivity contribution is 0.406. The van der Waals surface area contributed by atoms with Crippen LogP contribution in [0.4, 0.5) is 0 Å². The molecule has 1 aromatic rings. The summed E-state index contributed by atoms with van der Waals surface area (Å²) in [4.78, 5) is 14.1. The van der Waals surface area contributed by atoms with Crippen LogP contribution in [0.5, 0.6) is 5.75 Å². The number of rotatable bonds is 5. The van der Waals surface area contributed by atoms with Crippen molar-refractivity contribution in [1.82, 2.24) is 0 Å². The molecule has 1 aromatic carbocycles. The van der Waals surface area contributed by atoms with Crippen LogP contribution in [0.3, 0.4) is 0 Å². The van der Waals surface area contributed by atoms with E-state index in [0.717, 1.165) is 0 Å². The summed E-state index contributed by atoms with van der Waals surface area (Å²) in [5.74, 6) is 0.515. The van der Waals surface area contributed by atoms with E-state index in [1.165, 1.54) is 25.3 Å². The molecule has 1 rings (SSSR count). The van der Waals surface area contributed by atoms with Gasteiger partial charge in [-0.15, -0.1) is 0 Å². The second kappa shape index (κ2) is 5.80. The molecule has 98 valence electrons. The molecular formula is C12H15NO4S. The Morgan fingerprint density at radius 2 is 2.11 bits per heavy atom. The Balaban J connectivity index is 3.39. The minimum Gasteiger partial charge on any atom is -0.496 e. The second-order valence-corrected chi connectivity index (χ2v) is 5.98. The van der Waals surface area contributed by atoms with Gasteiger partial charge < -0.3 is 4.74 Å². The molecule has 0 saturated carbocycles. The topological polar surface area (TPSA) is 72.8 Å². The number of sulfone groups is 1. The van der Waals surface area contributed by atoms with Gasteiger partial charge in [-0.05, 0) is 25.1 Å². The molecular weight excluding hydrogens is 254 g/mol. The van der Waals surface area contributed by atoms with Crippen LogP contribution >= 0.6 is 0 Å². The summed E-state index contributed by atoms with van der Waals surface area (Å²) in [6.07, 6.45) is 1.46. The van der Waals surface area contributed by atoms with Gasteiger partial charge in [-0.1, -0.05) is 6.92 Å². The molecule has 1 atom stereocenters. The van der Waals surface area contributed by atoms with Crippen molar-refractivity contribution in [2.45, 2.75) is 24.8 Å². The molecule has 5 nitrogen and oxygen atoms in total. The van der Waals surface area contributed by atoms with Crippen molar-refractivity contribution in [2.75, 3.05) is 12.9 Å². The summed E-state index contributed by atoms with van der Waals surface area (Å²) in [7, 11) is -1.81. The Hall–Kier alpha value is -1.65. The maximum absolute atomic E-state index is 11.8.